The van der Waals surface area contributed by atoms with Crippen LogP contribution in [0, 0.1) is 0 Å². The molecule has 19 heteroatoms. The minimum absolute atomic E-state index is 0.106. The molecule has 0 aliphatic carbocycles. The fraction of sp³-hybridized carbons (Fsp3) is 0.934. The molecule has 0 fully saturated rings. The molecule has 0 aromatic carbocycles. The average molecular weight is 1190 g/mol. The summed E-state index contributed by atoms with van der Waals surface area (Å²) in [6.07, 6.45) is 40.3. The Morgan fingerprint density at radius 3 is 0.738 bits per heavy atom. The van der Waals surface area contributed by atoms with Crippen LogP contribution in [-0.4, -0.2) is 96.7 Å². The molecule has 0 amide bonds. The van der Waals surface area contributed by atoms with Crippen LogP contribution in [0.25, 0.3) is 0 Å². The third kappa shape index (κ3) is 55.3. The number of esters is 4. The summed E-state index contributed by atoms with van der Waals surface area (Å²) in [7, 11) is -9.87. The van der Waals surface area contributed by atoms with E-state index in [1.807, 2.05) is 0 Å². The topological polar surface area (TPSA) is 237 Å². The molecule has 0 radical (unpaired) electrons. The maximum absolute atomic E-state index is 12.9. The Balaban J connectivity index is 5.21. The molecule has 3 N–H and O–H groups in total. The van der Waals surface area contributed by atoms with Crippen molar-refractivity contribution in [1.29, 1.82) is 0 Å². The van der Waals surface area contributed by atoms with Gasteiger partial charge in [0.15, 0.2) is 12.2 Å². The number of hydrogen-bond acceptors (Lipinski definition) is 15. The van der Waals surface area contributed by atoms with Gasteiger partial charge in [0.05, 0.1) is 26.4 Å². The number of aliphatic hydroxyl groups is 1. The molecule has 0 aliphatic heterocycles. The lowest BCUT2D eigenvalue weighted by Crippen LogP contribution is -2.30. The van der Waals surface area contributed by atoms with Crippen molar-refractivity contribution in [3.63, 3.8) is 0 Å². The van der Waals surface area contributed by atoms with E-state index in [9.17, 15) is 43.2 Å². The molecule has 0 aromatic heterocycles. The molecule has 0 rings (SSSR count). The second kappa shape index (κ2) is 56.2. The smallest absolute Gasteiger partial charge is 0.462 e. The summed E-state index contributed by atoms with van der Waals surface area (Å²) in [5.41, 5.74) is 0. The monoisotopic (exact) mass is 1180 g/mol. The lowest BCUT2D eigenvalue weighted by Gasteiger charge is -2.21. The summed E-state index contributed by atoms with van der Waals surface area (Å²) >= 11 is 0. The van der Waals surface area contributed by atoms with Gasteiger partial charge in [0.1, 0.15) is 19.3 Å². The molecule has 0 spiro atoms. The van der Waals surface area contributed by atoms with Crippen LogP contribution in [0.3, 0.4) is 0 Å². The molecule has 2 unspecified atom stereocenters. The third-order valence-corrected chi connectivity index (χ3v) is 16.0. The van der Waals surface area contributed by atoms with Crippen molar-refractivity contribution in [1.82, 2.24) is 0 Å². The molecule has 0 saturated heterocycles. The summed E-state index contributed by atoms with van der Waals surface area (Å²) in [6.45, 7) is 4.82. The lowest BCUT2D eigenvalue weighted by atomic mass is 10.0. The Hall–Kier alpha value is -1.94. The molecule has 0 bridgehead atoms. The number of carbonyl (C=O) groups is 4. The SMILES string of the molecule is CCCCCCCCCCCCCCC(=O)O[C@H](COC(=O)CCCCCCCCCCCCC)COP(=O)(O)OC[C@@H](O)COP(=O)(O)OC[C@@H](COC(=O)CCCCCCCCC)OC(=O)CCCCCCCCCCCC. The summed E-state index contributed by atoms with van der Waals surface area (Å²) in [6, 6.07) is 0. The zero-order valence-corrected chi connectivity index (χ0v) is 52.8. The minimum Gasteiger partial charge on any atom is -0.462 e. The summed E-state index contributed by atoms with van der Waals surface area (Å²) in [4.78, 5) is 71.9. The van der Waals surface area contributed by atoms with E-state index in [-0.39, 0.29) is 25.7 Å². The number of aliphatic hydroxyl groups excluding tert-OH is 1. The van der Waals surface area contributed by atoms with E-state index in [0.717, 1.165) is 103 Å². The van der Waals surface area contributed by atoms with Gasteiger partial charge in [0.25, 0.3) is 0 Å². The first kappa shape index (κ1) is 78.1. The van der Waals surface area contributed by atoms with E-state index in [2.05, 4.69) is 27.7 Å². The quantitative estimate of drug-likeness (QED) is 0.0222. The highest BCUT2D eigenvalue weighted by atomic mass is 31.2. The lowest BCUT2D eigenvalue weighted by molar-refractivity contribution is -0.161. The van der Waals surface area contributed by atoms with Crippen LogP contribution in [0.1, 0.15) is 310 Å². The zero-order chi connectivity index (χ0) is 59.1. The van der Waals surface area contributed by atoms with Gasteiger partial charge < -0.3 is 33.8 Å². The number of ether oxygens (including phenoxy) is 4. The van der Waals surface area contributed by atoms with Crippen LogP contribution < -0.4 is 0 Å². The molecule has 0 aromatic rings. The van der Waals surface area contributed by atoms with Gasteiger partial charge in [-0.05, 0) is 25.7 Å². The Morgan fingerprint density at radius 1 is 0.300 bits per heavy atom. The van der Waals surface area contributed by atoms with Gasteiger partial charge in [0, 0.05) is 25.7 Å². The Labute approximate surface area is 486 Å². The van der Waals surface area contributed by atoms with Crippen molar-refractivity contribution in [2.45, 2.75) is 329 Å². The predicted molar refractivity (Wildman–Crippen MR) is 317 cm³/mol. The van der Waals surface area contributed by atoms with Crippen molar-refractivity contribution in [2.24, 2.45) is 0 Å². The fourth-order valence-electron chi connectivity index (χ4n) is 9.10. The van der Waals surface area contributed by atoms with Gasteiger partial charge in [-0.3, -0.25) is 37.3 Å². The maximum atomic E-state index is 12.9. The molecule has 474 valence electrons. The summed E-state index contributed by atoms with van der Waals surface area (Å²) in [5, 5.41) is 10.5. The second-order valence-corrected chi connectivity index (χ2v) is 25.0. The molecule has 80 heavy (non-hydrogen) atoms. The molecule has 17 nitrogen and oxygen atoms in total. The van der Waals surface area contributed by atoms with E-state index in [4.69, 9.17) is 37.0 Å². The van der Waals surface area contributed by atoms with Crippen LogP contribution >= 0.6 is 15.6 Å². The molecule has 0 aliphatic rings. The van der Waals surface area contributed by atoms with E-state index >= 15 is 0 Å². The van der Waals surface area contributed by atoms with Gasteiger partial charge in [0.2, 0.25) is 0 Å². The van der Waals surface area contributed by atoms with Crippen LogP contribution in [0.4, 0.5) is 0 Å². The number of phosphoric ester groups is 2. The van der Waals surface area contributed by atoms with Gasteiger partial charge in [-0.2, -0.15) is 0 Å². The van der Waals surface area contributed by atoms with Crippen LogP contribution in [0.2, 0.25) is 0 Å². The average Bonchev–Trinajstić information content (AvgIpc) is 3.43. The summed E-state index contributed by atoms with van der Waals surface area (Å²) < 4.78 is 67.8. The highest BCUT2D eigenvalue weighted by Gasteiger charge is 2.30. The highest BCUT2D eigenvalue weighted by molar-refractivity contribution is 7.47. The highest BCUT2D eigenvalue weighted by Crippen LogP contribution is 2.45. The molecule has 0 heterocycles. The zero-order valence-electron chi connectivity index (χ0n) is 51.0. The van der Waals surface area contributed by atoms with E-state index in [0.29, 0.717) is 25.7 Å². The van der Waals surface area contributed by atoms with Crippen LogP contribution in [0.15, 0.2) is 0 Å². The van der Waals surface area contributed by atoms with Gasteiger partial charge in [-0.15, -0.1) is 0 Å². The van der Waals surface area contributed by atoms with Gasteiger partial charge in [-0.25, -0.2) is 9.13 Å². The first-order valence-electron chi connectivity index (χ1n) is 32.3. The summed E-state index contributed by atoms with van der Waals surface area (Å²) in [5.74, 6) is -2.14. The van der Waals surface area contributed by atoms with E-state index < -0.39 is 97.5 Å². The van der Waals surface area contributed by atoms with E-state index in [1.165, 1.54) is 128 Å². The Bertz CT molecular complexity index is 1550. The Morgan fingerprint density at radius 2 is 0.500 bits per heavy atom. The van der Waals surface area contributed by atoms with Gasteiger partial charge >= 0.3 is 39.5 Å². The van der Waals surface area contributed by atoms with Gasteiger partial charge in [-0.1, -0.05) is 259 Å². The first-order valence-corrected chi connectivity index (χ1v) is 35.3. The predicted octanol–water partition coefficient (Wildman–Crippen LogP) is 16.8. The minimum atomic E-state index is -4.94. The number of rotatable bonds is 62. The standard InChI is InChI=1S/C61H118O17P2/c1-5-9-13-17-21-24-27-29-32-36-40-44-48-61(66)78-57(52-72-59(64)46-42-38-34-31-28-25-22-18-14-10-6-2)54-76-80(69,70)74-50-55(62)49-73-79(67,68)75-53-56(51-71-58(63)45-41-37-33-20-16-12-8-4)77-60(65)47-43-39-35-30-26-23-19-15-11-7-3/h55-57,62H,5-54H2,1-4H3,(H,67,68)(H,69,70)/t55-,56+,57+/m0/s1. The number of unbranched alkanes of at least 4 members (excludes halogenated alkanes) is 36. The largest absolute Gasteiger partial charge is 0.472 e. The number of phosphoric acid groups is 2. The molecule has 5 atom stereocenters. The van der Waals surface area contributed by atoms with Crippen LogP contribution in [-0.2, 0) is 65.4 Å². The molecule has 0 saturated carbocycles. The Kier molecular flexibility index (Phi) is 54.8. The van der Waals surface area contributed by atoms with Crippen molar-refractivity contribution >= 4 is 39.5 Å². The van der Waals surface area contributed by atoms with Crippen molar-refractivity contribution in [3.8, 4) is 0 Å². The number of carbonyl (C=O) groups excluding carboxylic acids is 4. The first-order chi connectivity index (χ1) is 38.7. The second-order valence-electron chi connectivity index (χ2n) is 22.1. The van der Waals surface area contributed by atoms with Crippen molar-refractivity contribution in [3.05, 3.63) is 0 Å². The van der Waals surface area contributed by atoms with Crippen LogP contribution in [0.5, 0.6) is 0 Å². The third-order valence-electron chi connectivity index (χ3n) is 14.1. The molecular formula is C61H118O17P2. The fourth-order valence-corrected chi connectivity index (χ4v) is 10.7. The maximum Gasteiger partial charge on any atom is 0.472 e. The van der Waals surface area contributed by atoms with Crippen molar-refractivity contribution in [2.75, 3.05) is 39.6 Å². The number of hydrogen-bond donors (Lipinski definition) is 3. The molecular weight excluding hydrogens is 1070 g/mol. The van der Waals surface area contributed by atoms with Crippen molar-refractivity contribution < 1.29 is 80.2 Å². The normalized spacial score (nSPS) is 14.2. The van der Waals surface area contributed by atoms with E-state index in [1.54, 1.807) is 0 Å².